The molecule has 2 nitrogen and oxygen atoms in total. The third-order valence-electron chi connectivity index (χ3n) is 11.2. The summed E-state index contributed by atoms with van der Waals surface area (Å²) in [4.78, 5) is 2.66. The van der Waals surface area contributed by atoms with Crippen LogP contribution in [0.5, 0.6) is 0 Å². The van der Waals surface area contributed by atoms with Gasteiger partial charge in [0.15, 0.2) is 0 Å². The molecule has 6 atom stereocenters. The molecule has 4 aromatic rings. The predicted molar refractivity (Wildman–Crippen MR) is 207 cm³/mol. The maximum absolute atomic E-state index is 11.6. The lowest BCUT2D eigenvalue weighted by molar-refractivity contribution is 0.0182. The Bertz CT molecular complexity index is 1430. The molecule has 0 unspecified atom stereocenters. The van der Waals surface area contributed by atoms with Gasteiger partial charge < -0.3 is 10.2 Å². The molecule has 256 valence electrons. The fraction of sp³-hybridized carbons (Fsp3) is 0.455. The molecule has 0 spiro atoms. The van der Waals surface area contributed by atoms with E-state index in [0.717, 1.165) is 37.2 Å². The van der Waals surface area contributed by atoms with Crippen molar-refractivity contribution in [1.82, 2.24) is 0 Å². The molecule has 0 saturated heterocycles. The highest BCUT2D eigenvalue weighted by molar-refractivity contribution is 7.99. The monoisotopic (exact) mass is 680 g/mol. The van der Waals surface area contributed by atoms with Gasteiger partial charge in [-0.15, -0.1) is 23.5 Å². The molecule has 2 heterocycles. The highest BCUT2D eigenvalue weighted by Gasteiger charge is 2.45. The fourth-order valence-corrected chi connectivity index (χ4v) is 10.9. The van der Waals surface area contributed by atoms with Crippen molar-refractivity contribution in [2.75, 3.05) is 11.5 Å². The summed E-state index contributed by atoms with van der Waals surface area (Å²) < 4.78 is 0. The van der Waals surface area contributed by atoms with E-state index in [1.54, 1.807) is 0 Å². The Hall–Kier alpha value is -2.50. The van der Waals surface area contributed by atoms with E-state index in [1.807, 2.05) is 23.5 Å². The predicted octanol–water partition coefficient (Wildman–Crippen LogP) is 11.7. The summed E-state index contributed by atoms with van der Waals surface area (Å²) in [6, 6.07) is 38.4. The molecule has 0 aliphatic carbocycles. The van der Waals surface area contributed by atoms with Crippen LogP contribution in [0.15, 0.2) is 119 Å². The number of rotatable bonds is 10. The molecular weight excluding hydrogens is 625 g/mol. The summed E-state index contributed by atoms with van der Waals surface area (Å²) >= 11 is 3.87. The molecule has 48 heavy (non-hydrogen) atoms. The Morgan fingerprint density at radius 1 is 0.521 bits per heavy atom. The van der Waals surface area contributed by atoms with Crippen LogP contribution in [-0.2, 0) is 0 Å². The quantitative estimate of drug-likeness (QED) is 0.175. The van der Waals surface area contributed by atoms with Gasteiger partial charge in [-0.3, -0.25) is 0 Å². The van der Waals surface area contributed by atoms with Gasteiger partial charge >= 0.3 is 0 Å². The summed E-state index contributed by atoms with van der Waals surface area (Å²) in [7, 11) is 0. The SMILES string of the molecule is CCCC[C@]1(CC)CSc2ccccc2[C@@H](c2ccccc2)[C@H]1O.CCCC[C@]1(CC)CSc2ccccc2[C@H](c2ccccc2)[C@@H]1O. The van der Waals surface area contributed by atoms with Gasteiger partial charge in [0.1, 0.15) is 0 Å². The number of hydrogen-bond donors (Lipinski definition) is 2. The van der Waals surface area contributed by atoms with Crippen LogP contribution in [0, 0.1) is 10.8 Å². The van der Waals surface area contributed by atoms with E-state index in [2.05, 4.69) is 137 Å². The lowest BCUT2D eigenvalue weighted by Crippen LogP contribution is -2.40. The zero-order valence-electron chi connectivity index (χ0n) is 29.5. The molecule has 4 heteroatoms. The number of benzene rings is 4. The second-order valence-corrected chi connectivity index (χ2v) is 16.0. The van der Waals surface area contributed by atoms with Crippen LogP contribution in [0.1, 0.15) is 113 Å². The second kappa shape index (κ2) is 17.4. The van der Waals surface area contributed by atoms with Gasteiger partial charge in [-0.1, -0.05) is 150 Å². The first-order valence-corrected chi connectivity index (χ1v) is 20.3. The molecule has 0 aromatic heterocycles. The summed E-state index contributed by atoms with van der Waals surface area (Å²) in [5, 5.41) is 23.1. The average Bonchev–Trinajstić information content (AvgIpc) is 3.35. The van der Waals surface area contributed by atoms with Crippen molar-refractivity contribution in [1.29, 1.82) is 0 Å². The molecule has 2 aliphatic rings. The standard InChI is InChI=1S/2C22H28OS/c2*1-3-5-15-22(4-2)16-24-19-14-10-9-13-18(19)20(21(22)23)17-11-7-6-8-12-17/h2*6-14,20-21,23H,3-5,15-16H2,1-2H3/t20-,21-,22+;20-,21-,22-/m01/s1. The molecule has 0 saturated carbocycles. The largest absolute Gasteiger partial charge is 0.392 e. The Labute approximate surface area is 299 Å². The van der Waals surface area contributed by atoms with E-state index in [9.17, 15) is 10.2 Å². The van der Waals surface area contributed by atoms with Crippen LogP contribution in [0.2, 0.25) is 0 Å². The lowest BCUT2D eigenvalue weighted by atomic mass is 9.69. The molecule has 0 fully saturated rings. The smallest absolute Gasteiger partial charge is 0.0713 e. The number of thioether (sulfide) groups is 2. The van der Waals surface area contributed by atoms with Gasteiger partial charge in [-0.2, -0.15) is 0 Å². The number of hydrogen-bond acceptors (Lipinski definition) is 4. The topological polar surface area (TPSA) is 40.5 Å². The summed E-state index contributed by atoms with van der Waals surface area (Å²) in [6.07, 6.45) is 8.31. The Kier molecular flexibility index (Phi) is 13.4. The first-order chi connectivity index (χ1) is 23.4. The van der Waals surface area contributed by atoms with Gasteiger partial charge in [0.25, 0.3) is 0 Å². The number of aliphatic hydroxyl groups is 2. The van der Waals surface area contributed by atoms with Crippen molar-refractivity contribution in [3.8, 4) is 0 Å². The normalized spacial score (nSPS) is 26.6. The lowest BCUT2D eigenvalue weighted by Gasteiger charge is -2.39. The van der Waals surface area contributed by atoms with Crippen molar-refractivity contribution in [3.05, 3.63) is 131 Å². The molecule has 0 bridgehead atoms. The first-order valence-electron chi connectivity index (χ1n) is 18.3. The summed E-state index contributed by atoms with van der Waals surface area (Å²) in [5.41, 5.74) is 5.00. The van der Waals surface area contributed by atoms with E-state index in [0.29, 0.717) is 0 Å². The van der Waals surface area contributed by atoms with Gasteiger partial charge in [0.05, 0.1) is 12.2 Å². The zero-order chi connectivity index (χ0) is 34.0. The van der Waals surface area contributed by atoms with E-state index < -0.39 is 0 Å². The van der Waals surface area contributed by atoms with Crippen LogP contribution in [0.4, 0.5) is 0 Å². The molecule has 0 radical (unpaired) electrons. The second-order valence-electron chi connectivity index (χ2n) is 14.0. The van der Waals surface area contributed by atoms with Crippen LogP contribution >= 0.6 is 23.5 Å². The molecule has 4 aromatic carbocycles. The van der Waals surface area contributed by atoms with Crippen molar-refractivity contribution < 1.29 is 10.2 Å². The Morgan fingerprint density at radius 2 is 0.875 bits per heavy atom. The summed E-state index contributed by atoms with van der Waals surface area (Å²) in [6.45, 7) is 8.97. The number of aliphatic hydroxyl groups excluding tert-OH is 2. The van der Waals surface area contributed by atoms with E-state index >= 15 is 0 Å². The van der Waals surface area contributed by atoms with Crippen LogP contribution in [0.3, 0.4) is 0 Å². The van der Waals surface area contributed by atoms with Crippen LogP contribution in [0.25, 0.3) is 0 Å². The maximum Gasteiger partial charge on any atom is 0.0713 e. The highest BCUT2D eigenvalue weighted by atomic mass is 32.2. The molecule has 2 aliphatic heterocycles. The van der Waals surface area contributed by atoms with Crippen molar-refractivity contribution in [2.45, 2.75) is 113 Å². The van der Waals surface area contributed by atoms with E-state index in [4.69, 9.17) is 0 Å². The van der Waals surface area contributed by atoms with Crippen molar-refractivity contribution in [2.24, 2.45) is 10.8 Å². The maximum atomic E-state index is 11.6. The molecule has 6 rings (SSSR count). The van der Waals surface area contributed by atoms with Gasteiger partial charge in [-0.25, -0.2) is 0 Å². The van der Waals surface area contributed by atoms with Gasteiger partial charge in [-0.05, 0) is 60.1 Å². The number of unbranched alkanes of at least 4 members (excludes halogenated alkanes) is 2. The van der Waals surface area contributed by atoms with Crippen molar-refractivity contribution in [3.63, 3.8) is 0 Å². The van der Waals surface area contributed by atoms with E-state index in [1.165, 1.54) is 57.7 Å². The van der Waals surface area contributed by atoms with Crippen LogP contribution in [-0.4, -0.2) is 33.9 Å². The minimum atomic E-state index is -0.340. The Morgan fingerprint density at radius 3 is 1.23 bits per heavy atom. The molecular formula is C44H56O2S2. The van der Waals surface area contributed by atoms with Gasteiger partial charge in [0.2, 0.25) is 0 Å². The average molecular weight is 681 g/mol. The Balaban J connectivity index is 0.000000188. The van der Waals surface area contributed by atoms with Crippen molar-refractivity contribution >= 4 is 23.5 Å². The van der Waals surface area contributed by atoms with Crippen LogP contribution < -0.4 is 0 Å². The zero-order valence-corrected chi connectivity index (χ0v) is 31.1. The molecule has 2 N–H and O–H groups in total. The first kappa shape index (κ1) is 36.8. The summed E-state index contributed by atoms with van der Waals surface area (Å²) in [5.74, 6) is 2.14. The minimum absolute atomic E-state index is 0.0137. The van der Waals surface area contributed by atoms with Gasteiger partial charge in [0, 0.05) is 44.0 Å². The third kappa shape index (κ3) is 7.94. The third-order valence-corrected chi connectivity index (χ3v) is 14.0. The molecule has 0 amide bonds. The fourth-order valence-electron chi connectivity index (χ4n) is 7.92. The highest BCUT2D eigenvalue weighted by Crippen LogP contribution is 2.52. The minimum Gasteiger partial charge on any atom is -0.392 e. The number of fused-ring (bicyclic) bond motifs is 2. The van der Waals surface area contributed by atoms with E-state index in [-0.39, 0.29) is 34.9 Å².